The first-order valence-electron chi connectivity index (χ1n) is 8.55. The van der Waals surface area contributed by atoms with E-state index in [9.17, 15) is 9.90 Å². The van der Waals surface area contributed by atoms with Crippen LogP contribution in [0.2, 0.25) is 0 Å². The molecule has 0 bridgehead atoms. The average molecular weight is 381 g/mol. The zero-order valence-electron chi connectivity index (χ0n) is 15.2. The molecule has 3 aromatic rings. The van der Waals surface area contributed by atoms with Crippen molar-refractivity contribution >= 4 is 23.5 Å². The highest BCUT2D eigenvalue weighted by atomic mass is 32.2. The number of phenolic OH excluding ortho intramolecular Hbond substituents is 1. The lowest BCUT2D eigenvalue weighted by Crippen LogP contribution is -2.17. The van der Waals surface area contributed by atoms with Crippen LogP contribution in [0, 0.1) is 20.8 Å². The van der Waals surface area contributed by atoms with Crippen LogP contribution in [0.4, 0.5) is 5.82 Å². The zero-order valence-corrected chi connectivity index (χ0v) is 16.0. The van der Waals surface area contributed by atoms with Crippen molar-refractivity contribution in [3.8, 4) is 11.7 Å². The number of phenols is 1. The highest BCUT2D eigenvalue weighted by molar-refractivity contribution is 8.00. The number of amides is 1. The summed E-state index contributed by atoms with van der Waals surface area (Å²) in [6.07, 6.45) is 0. The van der Waals surface area contributed by atoms with Crippen LogP contribution < -0.4 is 5.32 Å². The monoisotopic (exact) mass is 381 g/mol. The van der Waals surface area contributed by atoms with E-state index in [1.54, 1.807) is 16.8 Å². The van der Waals surface area contributed by atoms with Gasteiger partial charge >= 0.3 is 0 Å². The van der Waals surface area contributed by atoms with Crippen LogP contribution in [-0.2, 0) is 4.79 Å². The smallest absolute Gasteiger partial charge is 0.252 e. The van der Waals surface area contributed by atoms with Crippen molar-refractivity contribution in [3.63, 3.8) is 0 Å². The van der Waals surface area contributed by atoms with Gasteiger partial charge in [-0.25, -0.2) is 9.97 Å². The van der Waals surface area contributed by atoms with Gasteiger partial charge in [-0.15, -0.1) is 11.8 Å². The molecule has 8 heteroatoms. The third kappa shape index (κ3) is 3.28. The van der Waals surface area contributed by atoms with Crippen LogP contribution in [0.5, 0.6) is 5.75 Å². The fourth-order valence-electron chi connectivity index (χ4n) is 3.24. The lowest BCUT2D eigenvalue weighted by atomic mass is 10.0. The maximum Gasteiger partial charge on any atom is 0.252 e. The van der Waals surface area contributed by atoms with Crippen molar-refractivity contribution in [1.82, 2.24) is 19.7 Å². The van der Waals surface area contributed by atoms with Crippen molar-refractivity contribution < 1.29 is 9.90 Å². The number of carbonyl (C=O) groups is 1. The second-order valence-electron chi connectivity index (χ2n) is 6.54. The molecule has 0 saturated carbocycles. The van der Waals surface area contributed by atoms with E-state index in [1.165, 1.54) is 11.8 Å². The Hall–Kier alpha value is -2.87. The summed E-state index contributed by atoms with van der Waals surface area (Å²) in [7, 11) is 0. The third-order valence-corrected chi connectivity index (χ3v) is 5.63. The van der Waals surface area contributed by atoms with Gasteiger partial charge in [0, 0.05) is 17.0 Å². The molecule has 0 fully saturated rings. The van der Waals surface area contributed by atoms with E-state index >= 15 is 0 Å². The van der Waals surface area contributed by atoms with Gasteiger partial charge in [0.2, 0.25) is 5.91 Å². The standard InChI is InChI=1S/C19H19N5O2S/c1-10-8-11(2)21-19(20-10)24-18-16(12(3)23-24)17(27-9-15(26)22-18)13-4-6-14(25)7-5-13/h4-8,17,25H,9H2,1-3H3,(H,22,26)/t17-/m1/s1. The summed E-state index contributed by atoms with van der Waals surface area (Å²) in [4.78, 5) is 21.3. The summed E-state index contributed by atoms with van der Waals surface area (Å²) in [5, 5.41) is 17.1. The number of aromatic hydroxyl groups is 1. The number of nitrogens with zero attached hydrogens (tertiary/aromatic N) is 4. The molecule has 1 atom stereocenters. The van der Waals surface area contributed by atoms with Crippen molar-refractivity contribution in [2.75, 3.05) is 11.1 Å². The molecule has 1 amide bonds. The van der Waals surface area contributed by atoms with Crippen LogP contribution >= 0.6 is 11.8 Å². The highest BCUT2D eigenvalue weighted by Gasteiger charge is 2.31. The molecule has 7 nitrogen and oxygen atoms in total. The Balaban J connectivity index is 1.90. The molecule has 0 aliphatic carbocycles. The van der Waals surface area contributed by atoms with E-state index in [0.29, 0.717) is 17.5 Å². The first-order chi connectivity index (χ1) is 12.9. The van der Waals surface area contributed by atoms with E-state index in [4.69, 9.17) is 0 Å². The fraction of sp³-hybridized carbons (Fsp3) is 0.263. The average Bonchev–Trinajstić information content (AvgIpc) is 2.81. The van der Waals surface area contributed by atoms with Crippen molar-refractivity contribution in [2.24, 2.45) is 0 Å². The molecule has 4 rings (SSSR count). The molecule has 2 N–H and O–H groups in total. The number of nitrogens with one attached hydrogen (secondary N) is 1. The molecule has 3 heterocycles. The second kappa shape index (κ2) is 6.70. The number of rotatable bonds is 2. The van der Waals surface area contributed by atoms with Crippen LogP contribution in [-0.4, -0.2) is 36.5 Å². The lowest BCUT2D eigenvalue weighted by molar-refractivity contribution is -0.113. The number of thioether (sulfide) groups is 1. The second-order valence-corrected chi connectivity index (χ2v) is 7.63. The van der Waals surface area contributed by atoms with E-state index in [-0.39, 0.29) is 16.9 Å². The number of anilines is 1. The molecular weight excluding hydrogens is 362 g/mol. The maximum absolute atomic E-state index is 12.3. The van der Waals surface area contributed by atoms with Gasteiger partial charge in [-0.1, -0.05) is 12.1 Å². The van der Waals surface area contributed by atoms with E-state index in [0.717, 1.165) is 28.2 Å². The Labute approximate surface area is 160 Å². The van der Waals surface area contributed by atoms with Gasteiger partial charge < -0.3 is 10.4 Å². The highest BCUT2D eigenvalue weighted by Crippen LogP contribution is 2.43. The summed E-state index contributed by atoms with van der Waals surface area (Å²) in [6.45, 7) is 5.73. The summed E-state index contributed by atoms with van der Waals surface area (Å²) in [5.41, 5.74) is 4.41. The minimum atomic E-state index is -0.0898. The molecule has 1 aliphatic heterocycles. The predicted molar refractivity (Wildman–Crippen MR) is 104 cm³/mol. The van der Waals surface area contributed by atoms with Crippen LogP contribution in [0.15, 0.2) is 30.3 Å². The van der Waals surface area contributed by atoms with Crippen LogP contribution in [0.25, 0.3) is 5.95 Å². The molecule has 0 spiro atoms. The molecule has 0 radical (unpaired) electrons. The summed E-state index contributed by atoms with van der Waals surface area (Å²) in [6, 6.07) is 8.95. The Morgan fingerprint density at radius 1 is 1.15 bits per heavy atom. The van der Waals surface area contributed by atoms with Gasteiger partial charge in [0.1, 0.15) is 11.6 Å². The number of hydrogen-bond donors (Lipinski definition) is 2. The molecule has 1 aliphatic rings. The number of carbonyl (C=O) groups excluding carboxylic acids is 1. The van der Waals surface area contributed by atoms with Gasteiger partial charge in [-0.05, 0) is 44.5 Å². The normalized spacial score (nSPS) is 16.6. The number of aromatic nitrogens is 4. The number of hydrogen-bond acceptors (Lipinski definition) is 6. The summed E-state index contributed by atoms with van der Waals surface area (Å²) in [5.74, 6) is 1.49. The van der Waals surface area contributed by atoms with Gasteiger partial charge in [-0.3, -0.25) is 4.79 Å². The molecule has 1 aromatic carbocycles. The molecule has 2 aromatic heterocycles. The molecule has 27 heavy (non-hydrogen) atoms. The lowest BCUT2D eigenvalue weighted by Gasteiger charge is -2.15. The Kier molecular flexibility index (Phi) is 4.35. The Morgan fingerprint density at radius 3 is 2.48 bits per heavy atom. The zero-order chi connectivity index (χ0) is 19.1. The molecule has 138 valence electrons. The first kappa shape index (κ1) is 17.5. The van der Waals surface area contributed by atoms with Gasteiger partial charge in [0.05, 0.1) is 16.7 Å². The number of fused-ring (bicyclic) bond motifs is 1. The largest absolute Gasteiger partial charge is 0.508 e. The quantitative estimate of drug-likeness (QED) is 0.709. The number of aryl methyl sites for hydroxylation is 3. The molecule has 0 unspecified atom stereocenters. The molecular formula is C19H19N5O2S. The van der Waals surface area contributed by atoms with E-state index in [1.807, 2.05) is 39.0 Å². The summed E-state index contributed by atoms with van der Waals surface area (Å²) < 4.78 is 1.61. The fourth-order valence-corrected chi connectivity index (χ4v) is 4.43. The topological polar surface area (TPSA) is 92.9 Å². The Bertz CT molecular complexity index is 1010. The van der Waals surface area contributed by atoms with E-state index < -0.39 is 0 Å². The van der Waals surface area contributed by atoms with Crippen molar-refractivity contribution in [2.45, 2.75) is 26.0 Å². The SMILES string of the molecule is Cc1cc(C)nc(-n2nc(C)c3c2NC(=O)CS[C@@H]3c2ccc(O)cc2)n1. The van der Waals surface area contributed by atoms with Crippen LogP contribution in [0.3, 0.4) is 0 Å². The van der Waals surface area contributed by atoms with Gasteiger partial charge in [-0.2, -0.15) is 9.78 Å². The summed E-state index contributed by atoms with van der Waals surface area (Å²) >= 11 is 1.53. The molecule has 0 saturated heterocycles. The predicted octanol–water partition coefficient (Wildman–Crippen LogP) is 3.07. The Morgan fingerprint density at radius 2 is 1.81 bits per heavy atom. The van der Waals surface area contributed by atoms with Gasteiger partial charge in [0.25, 0.3) is 5.95 Å². The van der Waals surface area contributed by atoms with Gasteiger partial charge in [0.15, 0.2) is 0 Å². The maximum atomic E-state index is 12.3. The number of benzene rings is 1. The van der Waals surface area contributed by atoms with E-state index in [2.05, 4.69) is 20.4 Å². The third-order valence-electron chi connectivity index (χ3n) is 4.36. The first-order valence-corrected chi connectivity index (χ1v) is 9.60. The van der Waals surface area contributed by atoms with Crippen molar-refractivity contribution in [3.05, 3.63) is 58.5 Å². The minimum Gasteiger partial charge on any atom is -0.508 e. The van der Waals surface area contributed by atoms with Crippen molar-refractivity contribution in [1.29, 1.82) is 0 Å². The minimum absolute atomic E-state index is 0.0841. The van der Waals surface area contributed by atoms with Crippen LogP contribution in [0.1, 0.15) is 33.5 Å².